The third kappa shape index (κ3) is 2.56. The van der Waals surface area contributed by atoms with Crippen LogP contribution in [-0.4, -0.2) is 11.7 Å². The number of hydrogen-bond donors (Lipinski definition) is 2. The van der Waals surface area contributed by atoms with E-state index in [0.717, 1.165) is 29.6 Å². The van der Waals surface area contributed by atoms with E-state index in [0.29, 0.717) is 6.54 Å². The minimum Gasteiger partial charge on any atom is -0.384 e. The zero-order chi connectivity index (χ0) is 15.0. The molecule has 1 saturated carbocycles. The standard InChI is InChI=1S/C17H29NOS/c1-12(2)14-5-8-17(11-18,9-6-14)16(4,19)15-13(3)7-10-20-15/h7,10,12,14,19H,5-6,8-9,11,18H2,1-4H3. The molecule has 0 spiro atoms. The van der Waals surface area contributed by atoms with Gasteiger partial charge in [0.05, 0.1) is 0 Å². The summed E-state index contributed by atoms with van der Waals surface area (Å²) in [5.41, 5.74) is 6.38. The Morgan fingerprint density at radius 1 is 1.45 bits per heavy atom. The summed E-state index contributed by atoms with van der Waals surface area (Å²) in [5.74, 6) is 1.52. The van der Waals surface area contributed by atoms with Gasteiger partial charge in [-0.05, 0) is 68.4 Å². The van der Waals surface area contributed by atoms with Gasteiger partial charge >= 0.3 is 0 Å². The molecule has 1 aromatic rings. The van der Waals surface area contributed by atoms with Gasteiger partial charge in [0.1, 0.15) is 5.60 Å². The summed E-state index contributed by atoms with van der Waals surface area (Å²) in [6.45, 7) is 9.25. The summed E-state index contributed by atoms with van der Waals surface area (Å²) in [4.78, 5) is 1.10. The second kappa shape index (κ2) is 5.78. The van der Waals surface area contributed by atoms with Crippen LogP contribution in [0.4, 0.5) is 0 Å². The summed E-state index contributed by atoms with van der Waals surface area (Å²) in [6.07, 6.45) is 4.46. The van der Waals surface area contributed by atoms with Gasteiger partial charge in [0.15, 0.2) is 0 Å². The second-order valence-corrected chi connectivity index (χ2v) is 7.99. The monoisotopic (exact) mass is 295 g/mol. The number of rotatable bonds is 4. The van der Waals surface area contributed by atoms with Crippen molar-refractivity contribution in [3.63, 3.8) is 0 Å². The predicted molar refractivity (Wildman–Crippen MR) is 86.9 cm³/mol. The van der Waals surface area contributed by atoms with Crippen molar-refractivity contribution in [3.05, 3.63) is 21.9 Å². The average Bonchev–Trinajstić information content (AvgIpc) is 2.85. The van der Waals surface area contributed by atoms with Crippen molar-refractivity contribution in [2.75, 3.05) is 6.54 Å². The average molecular weight is 295 g/mol. The summed E-state index contributed by atoms with van der Waals surface area (Å²) >= 11 is 1.67. The van der Waals surface area contributed by atoms with Crippen molar-refractivity contribution in [1.82, 2.24) is 0 Å². The van der Waals surface area contributed by atoms with E-state index in [9.17, 15) is 5.11 Å². The molecule has 1 fully saturated rings. The summed E-state index contributed by atoms with van der Waals surface area (Å²) in [7, 11) is 0. The van der Waals surface area contributed by atoms with Crippen molar-refractivity contribution < 1.29 is 5.11 Å². The molecule has 0 aromatic carbocycles. The molecule has 1 heterocycles. The van der Waals surface area contributed by atoms with Crippen LogP contribution in [0.15, 0.2) is 11.4 Å². The first kappa shape index (κ1) is 16.0. The first-order chi connectivity index (χ1) is 9.34. The van der Waals surface area contributed by atoms with Crippen LogP contribution in [0, 0.1) is 24.2 Å². The van der Waals surface area contributed by atoms with E-state index in [4.69, 9.17) is 5.73 Å². The van der Waals surface area contributed by atoms with Crippen molar-refractivity contribution in [3.8, 4) is 0 Å². The molecule has 3 N–H and O–H groups in total. The van der Waals surface area contributed by atoms with Crippen LogP contribution in [0.3, 0.4) is 0 Å². The Morgan fingerprint density at radius 2 is 2.05 bits per heavy atom. The number of nitrogens with two attached hydrogens (primary N) is 1. The van der Waals surface area contributed by atoms with Crippen molar-refractivity contribution in [1.29, 1.82) is 0 Å². The van der Waals surface area contributed by atoms with Crippen LogP contribution in [0.25, 0.3) is 0 Å². The molecule has 2 rings (SSSR count). The molecule has 0 saturated heterocycles. The molecule has 1 aliphatic carbocycles. The van der Waals surface area contributed by atoms with Crippen molar-refractivity contribution >= 4 is 11.3 Å². The molecule has 1 unspecified atom stereocenters. The Labute approximate surface area is 127 Å². The highest BCUT2D eigenvalue weighted by Gasteiger charge is 2.50. The molecule has 0 amide bonds. The Bertz CT molecular complexity index is 442. The van der Waals surface area contributed by atoms with Gasteiger partial charge in [-0.2, -0.15) is 0 Å². The highest BCUT2D eigenvalue weighted by Crippen LogP contribution is 2.52. The molecular weight excluding hydrogens is 266 g/mol. The topological polar surface area (TPSA) is 46.2 Å². The van der Waals surface area contributed by atoms with Gasteiger partial charge in [0, 0.05) is 16.8 Å². The van der Waals surface area contributed by atoms with Gasteiger partial charge in [-0.1, -0.05) is 13.8 Å². The molecule has 1 aliphatic rings. The van der Waals surface area contributed by atoms with Crippen molar-refractivity contribution in [2.24, 2.45) is 23.0 Å². The van der Waals surface area contributed by atoms with E-state index < -0.39 is 5.60 Å². The Balaban J connectivity index is 2.26. The molecule has 3 heteroatoms. The van der Waals surface area contributed by atoms with Crippen LogP contribution < -0.4 is 5.73 Å². The van der Waals surface area contributed by atoms with Gasteiger partial charge in [-0.15, -0.1) is 11.3 Å². The first-order valence-corrected chi connectivity index (χ1v) is 8.69. The highest BCUT2D eigenvalue weighted by atomic mass is 32.1. The summed E-state index contributed by atoms with van der Waals surface area (Å²) in [5, 5.41) is 13.4. The minimum absolute atomic E-state index is 0.159. The SMILES string of the molecule is Cc1ccsc1C(C)(O)C1(CN)CCC(C(C)C)CC1. The van der Waals surface area contributed by atoms with Gasteiger partial charge in [0.25, 0.3) is 0 Å². The minimum atomic E-state index is -0.804. The van der Waals surface area contributed by atoms with E-state index in [1.807, 2.05) is 6.92 Å². The number of hydrogen-bond acceptors (Lipinski definition) is 3. The second-order valence-electron chi connectivity index (χ2n) is 7.07. The lowest BCUT2D eigenvalue weighted by Crippen LogP contribution is -2.50. The maximum absolute atomic E-state index is 11.3. The Morgan fingerprint density at radius 3 is 2.45 bits per heavy atom. The van der Waals surface area contributed by atoms with Gasteiger partial charge in [-0.25, -0.2) is 0 Å². The largest absolute Gasteiger partial charge is 0.384 e. The molecule has 0 bridgehead atoms. The lowest BCUT2D eigenvalue weighted by Gasteiger charge is -2.49. The Kier molecular flexibility index (Phi) is 4.63. The van der Waals surface area contributed by atoms with Crippen LogP contribution >= 0.6 is 11.3 Å². The third-order valence-electron chi connectivity index (χ3n) is 5.66. The third-order valence-corrected chi connectivity index (χ3v) is 6.89. The normalized spacial score (nSPS) is 30.4. The van der Waals surface area contributed by atoms with Crippen molar-refractivity contribution in [2.45, 2.75) is 59.0 Å². The van der Waals surface area contributed by atoms with Gasteiger partial charge in [-0.3, -0.25) is 0 Å². The van der Waals surface area contributed by atoms with Gasteiger partial charge in [0.2, 0.25) is 0 Å². The van der Waals surface area contributed by atoms with Crippen LogP contribution in [0.1, 0.15) is 56.9 Å². The number of aliphatic hydroxyl groups is 1. The molecule has 1 aromatic heterocycles. The maximum atomic E-state index is 11.3. The zero-order valence-electron chi connectivity index (χ0n) is 13.3. The summed E-state index contributed by atoms with van der Waals surface area (Å²) < 4.78 is 0. The fourth-order valence-corrected chi connectivity index (χ4v) is 4.97. The molecular formula is C17H29NOS. The molecule has 0 aliphatic heterocycles. The van der Waals surface area contributed by atoms with Crippen LogP contribution in [0.5, 0.6) is 0 Å². The quantitative estimate of drug-likeness (QED) is 0.880. The zero-order valence-corrected chi connectivity index (χ0v) is 14.1. The molecule has 20 heavy (non-hydrogen) atoms. The lowest BCUT2D eigenvalue weighted by atomic mass is 9.60. The predicted octanol–water partition coefficient (Wildman–Crippen LogP) is 4.06. The van der Waals surface area contributed by atoms with Gasteiger partial charge < -0.3 is 10.8 Å². The lowest BCUT2D eigenvalue weighted by molar-refractivity contribution is -0.0981. The Hall–Kier alpha value is -0.380. The fourth-order valence-electron chi connectivity index (χ4n) is 3.86. The molecule has 0 radical (unpaired) electrons. The van der Waals surface area contributed by atoms with E-state index in [-0.39, 0.29) is 5.41 Å². The van der Waals surface area contributed by atoms with E-state index in [2.05, 4.69) is 32.2 Å². The molecule has 2 nitrogen and oxygen atoms in total. The number of thiophene rings is 1. The first-order valence-electron chi connectivity index (χ1n) is 7.81. The molecule has 114 valence electrons. The summed E-state index contributed by atoms with van der Waals surface area (Å²) in [6, 6.07) is 2.10. The van der Waals surface area contributed by atoms with Crippen LogP contribution in [0.2, 0.25) is 0 Å². The highest BCUT2D eigenvalue weighted by molar-refractivity contribution is 7.10. The van der Waals surface area contributed by atoms with E-state index in [1.165, 1.54) is 18.4 Å². The smallest absolute Gasteiger partial charge is 0.103 e. The molecule has 1 atom stereocenters. The maximum Gasteiger partial charge on any atom is 0.103 e. The van der Waals surface area contributed by atoms with E-state index in [1.54, 1.807) is 11.3 Å². The van der Waals surface area contributed by atoms with Crippen LogP contribution in [-0.2, 0) is 5.60 Å². The van der Waals surface area contributed by atoms with E-state index >= 15 is 0 Å². The fraction of sp³-hybridized carbons (Fsp3) is 0.765. The number of aryl methyl sites for hydroxylation is 1.